The smallest absolute Gasteiger partial charge is 0.258 e. The molecule has 3 rings (SSSR count). The molecule has 0 aliphatic carbocycles. The van der Waals surface area contributed by atoms with E-state index in [4.69, 9.17) is 0 Å². The van der Waals surface area contributed by atoms with E-state index in [9.17, 15) is 9.90 Å². The van der Waals surface area contributed by atoms with Gasteiger partial charge in [0, 0.05) is 17.6 Å². The molecule has 1 aliphatic rings. The monoisotopic (exact) mass is 288 g/mol. The van der Waals surface area contributed by atoms with Crippen LogP contribution in [0.15, 0.2) is 29.6 Å². The maximum absolute atomic E-state index is 12.6. The van der Waals surface area contributed by atoms with E-state index in [1.807, 2.05) is 17.2 Å². The van der Waals surface area contributed by atoms with Gasteiger partial charge in [0.05, 0.1) is 11.6 Å². The number of benzene rings is 1. The minimum atomic E-state index is -0.113. The van der Waals surface area contributed by atoms with Crippen molar-refractivity contribution < 1.29 is 9.90 Å². The topological polar surface area (TPSA) is 53.4 Å². The van der Waals surface area contributed by atoms with Crippen LogP contribution in [0.1, 0.15) is 39.9 Å². The predicted octanol–water partition coefficient (Wildman–Crippen LogP) is 3.13. The number of phenols is 1. The van der Waals surface area contributed by atoms with Crippen LogP contribution in [0, 0.1) is 6.92 Å². The number of thiazole rings is 1. The van der Waals surface area contributed by atoms with E-state index in [0.717, 1.165) is 30.1 Å². The van der Waals surface area contributed by atoms with Gasteiger partial charge in [-0.15, -0.1) is 11.3 Å². The highest BCUT2D eigenvalue weighted by Crippen LogP contribution is 2.35. The van der Waals surface area contributed by atoms with Crippen LogP contribution in [0.25, 0.3) is 0 Å². The first-order valence-corrected chi connectivity index (χ1v) is 7.56. The second kappa shape index (κ2) is 5.25. The zero-order valence-corrected chi connectivity index (χ0v) is 12.1. The third kappa shape index (κ3) is 2.29. The van der Waals surface area contributed by atoms with Crippen molar-refractivity contribution in [3.05, 3.63) is 45.9 Å². The molecule has 0 spiro atoms. The lowest BCUT2D eigenvalue weighted by molar-refractivity contribution is 0.0732. The van der Waals surface area contributed by atoms with Gasteiger partial charge in [-0.05, 0) is 31.9 Å². The van der Waals surface area contributed by atoms with Gasteiger partial charge in [-0.1, -0.05) is 12.1 Å². The number of hydrogen-bond acceptors (Lipinski definition) is 4. The minimum absolute atomic E-state index is 0.0402. The summed E-state index contributed by atoms with van der Waals surface area (Å²) in [6, 6.07) is 6.75. The SMILES string of the molecule is Cc1csc(C2CCCN2C(=O)c2ccccc2O)n1. The van der Waals surface area contributed by atoms with E-state index in [0.29, 0.717) is 5.56 Å². The molecule has 1 aromatic heterocycles. The average Bonchev–Trinajstić information content (AvgIpc) is 3.06. The zero-order chi connectivity index (χ0) is 14.1. The van der Waals surface area contributed by atoms with E-state index in [2.05, 4.69) is 4.98 Å². The first kappa shape index (κ1) is 13.1. The normalized spacial score (nSPS) is 18.4. The van der Waals surface area contributed by atoms with Crippen LogP contribution < -0.4 is 0 Å². The van der Waals surface area contributed by atoms with Crippen LogP contribution in [-0.2, 0) is 0 Å². The van der Waals surface area contributed by atoms with Gasteiger partial charge in [0.1, 0.15) is 10.8 Å². The summed E-state index contributed by atoms with van der Waals surface area (Å²) in [4.78, 5) is 18.9. The Morgan fingerprint density at radius 2 is 2.25 bits per heavy atom. The third-order valence-electron chi connectivity index (χ3n) is 3.57. The average molecular weight is 288 g/mol. The molecule has 20 heavy (non-hydrogen) atoms. The van der Waals surface area contributed by atoms with E-state index in [-0.39, 0.29) is 17.7 Å². The number of aryl methyl sites for hydroxylation is 1. The summed E-state index contributed by atoms with van der Waals surface area (Å²) in [5.41, 5.74) is 1.36. The molecule has 2 heterocycles. The molecule has 1 aliphatic heterocycles. The zero-order valence-electron chi connectivity index (χ0n) is 11.2. The first-order valence-electron chi connectivity index (χ1n) is 6.68. The molecule has 1 N–H and O–H groups in total. The van der Waals surface area contributed by atoms with E-state index in [1.54, 1.807) is 35.6 Å². The molecular formula is C15H16N2O2S. The number of aromatic hydroxyl groups is 1. The molecule has 1 aromatic carbocycles. The Kier molecular flexibility index (Phi) is 3.44. The van der Waals surface area contributed by atoms with Gasteiger partial charge < -0.3 is 10.0 Å². The summed E-state index contributed by atoms with van der Waals surface area (Å²) in [5.74, 6) is -0.0723. The summed E-state index contributed by atoms with van der Waals surface area (Å²) in [6.45, 7) is 2.68. The molecule has 5 heteroatoms. The van der Waals surface area contributed by atoms with E-state index < -0.39 is 0 Å². The van der Waals surface area contributed by atoms with E-state index in [1.165, 1.54) is 0 Å². The quantitative estimate of drug-likeness (QED) is 0.923. The Morgan fingerprint density at radius 1 is 1.45 bits per heavy atom. The number of carbonyl (C=O) groups is 1. The van der Waals surface area contributed by atoms with Crippen LogP contribution in [0.5, 0.6) is 5.75 Å². The molecule has 0 radical (unpaired) electrons. The number of phenolic OH excluding ortho intramolecular Hbond substituents is 1. The first-order chi connectivity index (χ1) is 9.66. The summed E-state index contributed by atoms with van der Waals surface area (Å²) in [5, 5.41) is 12.8. The molecule has 0 bridgehead atoms. The molecule has 1 atom stereocenters. The second-order valence-electron chi connectivity index (χ2n) is 5.00. The molecule has 1 unspecified atom stereocenters. The maximum atomic E-state index is 12.6. The standard InChI is InChI=1S/C15H16N2O2S/c1-10-9-20-14(16-10)12-6-4-8-17(12)15(19)11-5-2-3-7-13(11)18/h2-3,5,7,9,12,18H,4,6,8H2,1H3. The lowest BCUT2D eigenvalue weighted by Gasteiger charge is -2.23. The number of carbonyl (C=O) groups excluding carboxylic acids is 1. The molecule has 1 amide bonds. The van der Waals surface area contributed by atoms with Gasteiger partial charge >= 0.3 is 0 Å². The summed E-state index contributed by atoms with van der Waals surface area (Å²) >= 11 is 1.60. The predicted molar refractivity (Wildman–Crippen MR) is 78.0 cm³/mol. The van der Waals surface area contributed by atoms with Crippen LogP contribution in [0.3, 0.4) is 0 Å². The van der Waals surface area contributed by atoms with Crippen molar-refractivity contribution in [2.24, 2.45) is 0 Å². The number of hydrogen-bond donors (Lipinski definition) is 1. The fraction of sp³-hybridized carbons (Fsp3) is 0.333. The third-order valence-corrected chi connectivity index (χ3v) is 4.63. The van der Waals surface area contributed by atoms with Gasteiger partial charge in [-0.3, -0.25) is 4.79 Å². The van der Waals surface area contributed by atoms with Gasteiger partial charge in [0.25, 0.3) is 5.91 Å². The minimum Gasteiger partial charge on any atom is -0.507 e. The van der Waals surface area contributed by atoms with Crippen LogP contribution in [0.4, 0.5) is 0 Å². The van der Waals surface area contributed by atoms with Crippen LogP contribution >= 0.6 is 11.3 Å². The molecule has 1 saturated heterocycles. The highest BCUT2D eigenvalue weighted by molar-refractivity contribution is 7.09. The van der Waals surface area contributed by atoms with Gasteiger partial charge in [-0.25, -0.2) is 4.98 Å². The summed E-state index contributed by atoms with van der Waals surface area (Å²) in [7, 11) is 0. The summed E-state index contributed by atoms with van der Waals surface area (Å²) < 4.78 is 0. The fourth-order valence-corrected chi connectivity index (χ4v) is 3.54. The van der Waals surface area contributed by atoms with Gasteiger partial charge in [0.15, 0.2) is 0 Å². The fourth-order valence-electron chi connectivity index (χ4n) is 2.60. The Hall–Kier alpha value is -1.88. The largest absolute Gasteiger partial charge is 0.507 e. The number of rotatable bonds is 2. The van der Waals surface area contributed by atoms with E-state index >= 15 is 0 Å². The summed E-state index contributed by atoms with van der Waals surface area (Å²) in [6.07, 6.45) is 1.91. The molecule has 104 valence electrons. The lowest BCUT2D eigenvalue weighted by Crippen LogP contribution is -2.30. The Labute approximate surface area is 121 Å². The van der Waals surface area contributed by atoms with Crippen molar-refractivity contribution in [1.29, 1.82) is 0 Å². The molecule has 0 saturated carbocycles. The number of aromatic nitrogens is 1. The molecule has 4 nitrogen and oxygen atoms in total. The van der Waals surface area contributed by atoms with Crippen molar-refractivity contribution in [2.45, 2.75) is 25.8 Å². The Balaban J connectivity index is 1.89. The maximum Gasteiger partial charge on any atom is 0.258 e. The van der Waals surface area contributed by atoms with Crippen LogP contribution in [-0.4, -0.2) is 27.4 Å². The molecule has 1 fully saturated rings. The van der Waals surface area contributed by atoms with Crippen molar-refractivity contribution in [3.8, 4) is 5.75 Å². The highest BCUT2D eigenvalue weighted by Gasteiger charge is 2.33. The number of likely N-dealkylation sites (tertiary alicyclic amines) is 1. The number of para-hydroxylation sites is 1. The molecular weight excluding hydrogens is 272 g/mol. The lowest BCUT2D eigenvalue weighted by atomic mass is 10.1. The Morgan fingerprint density at radius 3 is 2.95 bits per heavy atom. The van der Waals surface area contributed by atoms with Crippen molar-refractivity contribution in [2.75, 3.05) is 6.54 Å². The molecule has 2 aromatic rings. The van der Waals surface area contributed by atoms with Crippen molar-refractivity contribution >= 4 is 17.2 Å². The highest BCUT2D eigenvalue weighted by atomic mass is 32.1. The van der Waals surface area contributed by atoms with Crippen LogP contribution in [0.2, 0.25) is 0 Å². The van der Waals surface area contributed by atoms with Crippen molar-refractivity contribution in [3.63, 3.8) is 0 Å². The van der Waals surface area contributed by atoms with Gasteiger partial charge in [0.2, 0.25) is 0 Å². The Bertz CT molecular complexity index is 638. The van der Waals surface area contributed by atoms with Crippen molar-refractivity contribution in [1.82, 2.24) is 9.88 Å². The van der Waals surface area contributed by atoms with Gasteiger partial charge in [-0.2, -0.15) is 0 Å². The number of amides is 1. The second-order valence-corrected chi connectivity index (χ2v) is 5.89. The number of nitrogens with zero attached hydrogens (tertiary/aromatic N) is 2.